The number of benzene rings is 1. The zero-order valence-corrected chi connectivity index (χ0v) is 10.6. The fraction of sp³-hybridized carbons (Fsp3) is 0.100. The first-order valence-corrected chi connectivity index (χ1v) is 6.58. The first-order valence-electron chi connectivity index (χ1n) is 5.09. The molecule has 1 aromatic heterocycles. The summed E-state index contributed by atoms with van der Waals surface area (Å²) in [4.78, 5) is -0.425. The van der Waals surface area contributed by atoms with Crippen LogP contribution in [0, 0.1) is 18.6 Å². The summed E-state index contributed by atoms with van der Waals surface area (Å²) < 4.78 is 51.7. The normalized spacial score (nSPS) is 11.5. The second-order valence-electron chi connectivity index (χ2n) is 3.79. The highest BCUT2D eigenvalue weighted by Crippen LogP contribution is 2.22. The van der Waals surface area contributed by atoms with E-state index in [9.17, 15) is 17.2 Å². The standard InChI is InChI=1S/C10H10F2N4O2S/c1-5-9(13)10(15-14-5)16-19(17,18)6-2-3-7(11)8(12)4-6/h2-4H,13H2,1H3,(H2,14,15,16). The van der Waals surface area contributed by atoms with Crippen LogP contribution in [0.2, 0.25) is 0 Å². The summed E-state index contributed by atoms with van der Waals surface area (Å²) in [7, 11) is -4.08. The van der Waals surface area contributed by atoms with Gasteiger partial charge in [0.2, 0.25) is 0 Å². The van der Waals surface area contributed by atoms with E-state index in [0.717, 1.165) is 12.1 Å². The van der Waals surface area contributed by atoms with E-state index in [-0.39, 0.29) is 11.5 Å². The van der Waals surface area contributed by atoms with Gasteiger partial charge in [0.25, 0.3) is 10.0 Å². The number of anilines is 2. The Morgan fingerprint density at radius 1 is 1.32 bits per heavy atom. The van der Waals surface area contributed by atoms with Gasteiger partial charge < -0.3 is 5.73 Å². The maximum Gasteiger partial charge on any atom is 0.263 e. The van der Waals surface area contributed by atoms with Gasteiger partial charge in [-0.1, -0.05) is 0 Å². The van der Waals surface area contributed by atoms with Crippen molar-refractivity contribution >= 4 is 21.5 Å². The summed E-state index contributed by atoms with van der Waals surface area (Å²) in [6, 6.07) is 2.24. The molecule has 2 aromatic rings. The Hall–Kier alpha value is -2.16. The Morgan fingerprint density at radius 2 is 2.00 bits per heavy atom. The van der Waals surface area contributed by atoms with E-state index in [2.05, 4.69) is 14.9 Å². The minimum atomic E-state index is -4.08. The Morgan fingerprint density at radius 3 is 2.53 bits per heavy atom. The molecule has 9 heteroatoms. The maximum absolute atomic E-state index is 13.0. The Labute approximate surface area is 107 Å². The van der Waals surface area contributed by atoms with Crippen molar-refractivity contribution in [2.24, 2.45) is 0 Å². The molecule has 4 N–H and O–H groups in total. The number of nitrogen functional groups attached to an aromatic ring is 1. The summed E-state index contributed by atoms with van der Waals surface area (Å²) in [6.45, 7) is 1.61. The number of hydrogen-bond donors (Lipinski definition) is 3. The van der Waals surface area contributed by atoms with E-state index < -0.39 is 26.6 Å². The highest BCUT2D eigenvalue weighted by Gasteiger charge is 2.19. The average molecular weight is 288 g/mol. The fourth-order valence-electron chi connectivity index (χ4n) is 1.35. The summed E-state index contributed by atoms with van der Waals surface area (Å²) >= 11 is 0. The monoisotopic (exact) mass is 288 g/mol. The molecular formula is C10H10F2N4O2S. The largest absolute Gasteiger partial charge is 0.394 e. The quantitative estimate of drug-likeness (QED) is 0.794. The number of halogens is 2. The van der Waals surface area contributed by atoms with Gasteiger partial charge in [0.15, 0.2) is 17.5 Å². The van der Waals surface area contributed by atoms with Gasteiger partial charge in [-0.15, -0.1) is 0 Å². The third kappa shape index (κ3) is 2.50. The third-order valence-electron chi connectivity index (χ3n) is 2.43. The fourth-order valence-corrected chi connectivity index (χ4v) is 2.38. The lowest BCUT2D eigenvalue weighted by atomic mass is 10.3. The van der Waals surface area contributed by atoms with Crippen LogP contribution < -0.4 is 10.5 Å². The van der Waals surface area contributed by atoms with Crippen LogP contribution in [0.4, 0.5) is 20.3 Å². The molecule has 19 heavy (non-hydrogen) atoms. The van der Waals surface area contributed by atoms with Crippen LogP contribution >= 0.6 is 0 Å². The number of hydrogen-bond acceptors (Lipinski definition) is 4. The van der Waals surface area contributed by atoms with Crippen LogP contribution in [-0.4, -0.2) is 18.6 Å². The van der Waals surface area contributed by atoms with Gasteiger partial charge in [-0.3, -0.25) is 9.82 Å². The third-order valence-corrected chi connectivity index (χ3v) is 3.76. The smallest absolute Gasteiger partial charge is 0.263 e. The summed E-state index contributed by atoms with van der Waals surface area (Å²) in [5.74, 6) is -2.48. The number of nitrogens with one attached hydrogen (secondary N) is 2. The zero-order chi connectivity index (χ0) is 14.2. The average Bonchev–Trinajstić information content (AvgIpc) is 2.64. The van der Waals surface area contributed by atoms with Crippen LogP contribution in [0.3, 0.4) is 0 Å². The van der Waals surface area contributed by atoms with Gasteiger partial charge in [-0.2, -0.15) is 5.10 Å². The summed E-state index contributed by atoms with van der Waals surface area (Å²) in [5.41, 5.74) is 6.21. The second-order valence-corrected chi connectivity index (χ2v) is 5.47. The lowest BCUT2D eigenvalue weighted by molar-refractivity contribution is 0.504. The molecule has 0 fully saturated rings. The number of aromatic amines is 1. The molecule has 0 saturated heterocycles. The predicted octanol–water partition coefficient (Wildman–Crippen LogP) is 1.38. The molecule has 0 amide bonds. The van der Waals surface area contributed by atoms with Gasteiger partial charge >= 0.3 is 0 Å². The van der Waals surface area contributed by atoms with E-state index in [1.54, 1.807) is 6.92 Å². The van der Waals surface area contributed by atoms with Gasteiger partial charge in [-0.25, -0.2) is 17.2 Å². The number of nitrogens with zero attached hydrogens (tertiary/aromatic N) is 1. The number of sulfonamides is 1. The molecule has 0 spiro atoms. The van der Waals surface area contributed by atoms with Gasteiger partial charge in [0.1, 0.15) is 0 Å². The lowest BCUT2D eigenvalue weighted by Gasteiger charge is -2.06. The molecule has 2 rings (SSSR count). The van der Waals surface area contributed by atoms with Crippen LogP contribution in [0.15, 0.2) is 23.1 Å². The van der Waals surface area contributed by atoms with E-state index in [0.29, 0.717) is 11.8 Å². The van der Waals surface area contributed by atoms with Crippen molar-refractivity contribution in [2.75, 3.05) is 10.5 Å². The van der Waals surface area contributed by atoms with Crippen molar-refractivity contribution < 1.29 is 17.2 Å². The number of H-pyrrole nitrogens is 1. The van der Waals surface area contributed by atoms with Crippen LogP contribution in [-0.2, 0) is 10.0 Å². The Bertz CT molecular complexity index is 727. The van der Waals surface area contributed by atoms with Crippen molar-refractivity contribution in [1.29, 1.82) is 0 Å². The summed E-state index contributed by atoms with van der Waals surface area (Å²) in [6.07, 6.45) is 0. The zero-order valence-electron chi connectivity index (χ0n) is 9.74. The molecule has 1 aromatic carbocycles. The van der Waals surface area contributed by atoms with Crippen molar-refractivity contribution in [3.05, 3.63) is 35.5 Å². The van der Waals surface area contributed by atoms with Crippen molar-refractivity contribution in [2.45, 2.75) is 11.8 Å². The van der Waals surface area contributed by atoms with Gasteiger partial charge in [0.05, 0.1) is 16.3 Å². The predicted molar refractivity (Wildman–Crippen MR) is 64.9 cm³/mol. The molecule has 1 heterocycles. The van der Waals surface area contributed by atoms with Gasteiger partial charge in [-0.05, 0) is 25.1 Å². The molecule has 6 nitrogen and oxygen atoms in total. The van der Waals surface area contributed by atoms with Gasteiger partial charge in [0, 0.05) is 0 Å². The molecule has 0 aliphatic heterocycles. The molecule has 0 atom stereocenters. The second kappa shape index (κ2) is 4.50. The Kier molecular flexibility index (Phi) is 3.14. The molecule has 0 bridgehead atoms. The SMILES string of the molecule is Cc1[nH]nc(NS(=O)(=O)c2ccc(F)c(F)c2)c1N. The molecular weight excluding hydrogens is 278 g/mol. The molecule has 0 unspecified atom stereocenters. The number of nitrogens with two attached hydrogens (primary N) is 1. The van der Waals surface area contributed by atoms with E-state index in [1.807, 2.05) is 0 Å². The number of rotatable bonds is 3. The first-order chi connectivity index (χ1) is 8.81. The summed E-state index contributed by atoms with van der Waals surface area (Å²) in [5, 5.41) is 6.15. The highest BCUT2D eigenvalue weighted by atomic mass is 32.2. The van der Waals surface area contributed by atoms with Crippen LogP contribution in [0.1, 0.15) is 5.69 Å². The minimum absolute atomic E-state index is 0.0952. The van der Waals surface area contributed by atoms with E-state index in [4.69, 9.17) is 5.73 Å². The molecule has 0 radical (unpaired) electrons. The molecule has 0 saturated carbocycles. The lowest BCUT2D eigenvalue weighted by Crippen LogP contribution is -2.14. The molecule has 0 aliphatic rings. The molecule has 102 valence electrons. The first kappa shape index (κ1) is 13.3. The van der Waals surface area contributed by atoms with Crippen molar-refractivity contribution in [1.82, 2.24) is 10.2 Å². The Balaban J connectivity index is 2.37. The van der Waals surface area contributed by atoms with Crippen molar-refractivity contribution in [3.8, 4) is 0 Å². The van der Waals surface area contributed by atoms with E-state index >= 15 is 0 Å². The van der Waals surface area contributed by atoms with Crippen molar-refractivity contribution in [3.63, 3.8) is 0 Å². The topological polar surface area (TPSA) is 101 Å². The van der Waals surface area contributed by atoms with Crippen LogP contribution in [0.25, 0.3) is 0 Å². The van der Waals surface area contributed by atoms with Crippen LogP contribution in [0.5, 0.6) is 0 Å². The number of aryl methyl sites for hydroxylation is 1. The number of aromatic nitrogens is 2. The highest BCUT2D eigenvalue weighted by molar-refractivity contribution is 7.92. The van der Waals surface area contributed by atoms with E-state index in [1.165, 1.54) is 0 Å². The maximum atomic E-state index is 13.0. The molecule has 0 aliphatic carbocycles. The minimum Gasteiger partial charge on any atom is -0.394 e.